The van der Waals surface area contributed by atoms with Gasteiger partial charge in [-0.15, -0.1) is 10.2 Å². The van der Waals surface area contributed by atoms with Gasteiger partial charge in [0.05, 0.1) is 6.54 Å². The lowest BCUT2D eigenvalue weighted by atomic mass is 10.1. The predicted octanol–water partition coefficient (Wildman–Crippen LogP) is -0.0979. The van der Waals surface area contributed by atoms with Gasteiger partial charge in [-0.05, 0) is 32.9 Å². The third-order valence-corrected chi connectivity index (χ3v) is 1.86. The predicted molar refractivity (Wildman–Crippen MR) is 66.9 cm³/mol. The lowest BCUT2D eigenvalue weighted by Gasteiger charge is -2.20. The number of aromatic nitrogens is 2. The molecule has 0 fully saturated rings. The van der Waals surface area contributed by atoms with Crippen LogP contribution in [0.15, 0.2) is 12.1 Å². The van der Waals surface area contributed by atoms with Gasteiger partial charge in [-0.1, -0.05) is 0 Å². The van der Waals surface area contributed by atoms with Crippen molar-refractivity contribution in [1.29, 1.82) is 0 Å². The molecule has 1 heterocycles. The maximum Gasteiger partial charge on any atom is 0.269 e. The number of rotatable bonds is 4. The van der Waals surface area contributed by atoms with Crippen molar-refractivity contribution in [1.82, 2.24) is 15.5 Å². The van der Waals surface area contributed by atoms with Crippen LogP contribution < -0.4 is 16.4 Å². The Kier molecular flexibility index (Phi) is 4.19. The van der Waals surface area contributed by atoms with Crippen molar-refractivity contribution in [2.24, 2.45) is 5.73 Å². The van der Waals surface area contributed by atoms with E-state index in [1.54, 1.807) is 0 Å². The van der Waals surface area contributed by atoms with Crippen LogP contribution >= 0.6 is 0 Å². The number of hydrogen-bond donors (Lipinski definition) is 3. The van der Waals surface area contributed by atoms with Crippen molar-refractivity contribution >= 4 is 17.6 Å². The van der Waals surface area contributed by atoms with Gasteiger partial charge in [-0.2, -0.15) is 0 Å². The molecule has 0 unspecified atom stereocenters. The van der Waals surface area contributed by atoms with Crippen molar-refractivity contribution in [3.8, 4) is 0 Å². The van der Waals surface area contributed by atoms with E-state index in [0.29, 0.717) is 5.82 Å². The molecule has 1 rings (SSSR count). The topological polar surface area (TPSA) is 110 Å². The Hall–Kier alpha value is -2.18. The van der Waals surface area contributed by atoms with E-state index in [4.69, 9.17) is 5.73 Å². The molecule has 0 aliphatic heterocycles. The molecule has 0 saturated heterocycles. The number of carbonyl (C=O) groups is 2. The van der Waals surface area contributed by atoms with Gasteiger partial charge in [0.1, 0.15) is 5.82 Å². The van der Waals surface area contributed by atoms with Crippen LogP contribution in [-0.2, 0) is 4.79 Å². The molecule has 0 atom stereocenters. The molecule has 18 heavy (non-hydrogen) atoms. The smallest absolute Gasteiger partial charge is 0.269 e. The highest BCUT2D eigenvalue weighted by Gasteiger charge is 2.13. The molecule has 0 aromatic carbocycles. The largest absolute Gasteiger partial charge is 0.364 e. The quantitative estimate of drug-likeness (QED) is 0.692. The summed E-state index contributed by atoms with van der Waals surface area (Å²) in [6.07, 6.45) is 0. The maximum atomic E-state index is 11.5. The first-order valence-electron chi connectivity index (χ1n) is 5.46. The van der Waals surface area contributed by atoms with E-state index in [2.05, 4.69) is 20.8 Å². The first-order valence-corrected chi connectivity index (χ1v) is 5.46. The van der Waals surface area contributed by atoms with Crippen LogP contribution in [0.1, 0.15) is 31.3 Å². The van der Waals surface area contributed by atoms with Crippen molar-refractivity contribution < 1.29 is 9.59 Å². The van der Waals surface area contributed by atoms with Gasteiger partial charge in [0, 0.05) is 5.54 Å². The van der Waals surface area contributed by atoms with Crippen LogP contribution in [0.25, 0.3) is 0 Å². The third kappa shape index (κ3) is 4.77. The third-order valence-electron chi connectivity index (χ3n) is 1.86. The van der Waals surface area contributed by atoms with Gasteiger partial charge in [-0.3, -0.25) is 9.59 Å². The lowest BCUT2D eigenvalue weighted by molar-refractivity contribution is -0.120. The Morgan fingerprint density at radius 2 is 1.94 bits per heavy atom. The fraction of sp³-hybridized carbons (Fsp3) is 0.455. The molecular formula is C11H17N5O2. The van der Waals surface area contributed by atoms with Crippen LogP contribution in [-0.4, -0.2) is 34.1 Å². The van der Waals surface area contributed by atoms with Gasteiger partial charge in [0.15, 0.2) is 5.69 Å². The minimum absolute atomic E-state index is 0.0830. The first kappa shape index (κ1) is 13.9. The number of amides is 2. The van der Waals surface area contributed by atoms with Crippen molar-refractivity contribution in [3.05, 3.63) is 17.8 Å². The van der Waals surface area contributed by atoms with E-state index >= 15 is 0 Å². The molecule has 1 aromatic heterocycles. The molecule has 7 heteroatoms. The molecule has 0 bridgehead atoms. The SMILES string of the molecule is CC(C)(C)NC(=O)CNc1ccc(C(N)=O)nn1. The molecule has 0 saturated carbocycles. The average molecular weight is 251 g/mol. The summed E-state index contributed by atoms with van der Waals surface area (Å²) < 4.78 is 0. The second kappa shape index (κ2) is 5.44. The molecule has 0 aliphatic carbocycles. The fourth-order valence-electron chi connectivity index (χ4n) is 1.19. The van der Waals surface area contributed by atoms with Gasteiger partial charge < -0.3 is 16.4 Å². The Morgan fingerprint density at radius 3 is 2.39 bits per heavy atom. The van der Waals surface area contributed by atoms with Crippen LogP contribution in [0, 0.1) is 0 Å². The summed E-state index contributed by atoms with van der Waals surface area (Å²) in [6, 6.07) is 2.98. The van der Waals surface area contributed by atoms with E-state index in [1.807, 2.05) is 20.8 Å². The summed E-state index contributed by atoms with van der Waals surface area (Å²) in [7, 11) is 0. The first-order chi connectivity index (χ1) is 8.28. The Labute approximate surface area is 105 Å². The highest BCUT2D eigenvalue weighted by Crippen LogP contribution is 2.02. The van der Waals surface area contributed by atoms with Gasteiger partial charge >= 0.3 is 0 Å². The van der Waals surface area contributed by atoms with E-state index < -0.39 is 5.91 Å². The number of nitrogens with two attached hydrogens (primary N) is 1. The van der Waals surface area contributed by atoms with E-state index in [9.17, 15) is 9.59 Å². The Bertz CT molecular complexity index is 436. The molecule has 1 aromatic rings. The molecule has 0 radical (unpaired) electrons. The summed E-state index contributed by atoms with van der Waals surface area (Å²) in [5.41, 5.74) is 4.83. The number of primary amides is 1. The number of hydrogen-bond acceptors (Lipinski definition) is 5. The Morgan fingerprint density at radius 1 is 1.28 bits per heavy atom. The zero-order chi connectivity index (χ0) is 13.8. The van der Waals surface area contributed by atoms with Crippen molar-refractivity contribution in [2.75, 3.05) is 11.9 Å². The monoisotopic (exact) mass is 251 g/mol. The summed E-state index contributed by atoms with van der Waals surface area (Å²) in [5, 5.41) is 12.9. The summed E-state index contributed by atoms with van der Waals surface area (Å²) in [4.78, 5) is 22.3. The summed E-state index contributed by atoms with van der Waals surface area (Å²) >= 11 is 0. The molecule has 0 spiro atoms. The van der Waals surface area contributed by atoms with Crippen LogP contribution in [0.2, 0.25) is 0 Å². The van der Waals surface area contributed by atoms with Crippen molar-refractivity contribution in [3.63, 3.8) is 0 Å². The summed E-state index contributed by atoms with van der Waals surface area (Å²) in [6.45, 7) is 5.77. The minimum Gasteiger partial charge on any atom is -0.364 e. The van der Waals surface area contributed by atoms with Gasteiger partial charge in [0.2, 0.25) is 5.91 Å². The Balaban J connectivity index is 2.49. The molecule has 2 amide bonds. The van der Waals surface area contributed by atoms with Crippen LogP contribution in [0.4, 0.5) is 5.82 Å². The van der Waals surface area contributed by atoms with E-state index in [0.717, 1.165) is 0 Å². The van der Waals surface area contributed by atoms with Gasteiger partial charge in [0.25, 0.3) is 5.91 Å². The molecule has 98 valence electrons. The number of anilines is 1. The highest BCUT2D eigenvalue weighted by atomic mass is 16.2. The second-order valence-corrected chi connectivity index (χ2v) is 4.82. The fourth-order valence-corrected chi connectivity index (χ4v) is 1.19. The standard InChI is InChI=1S/C11H17N5O2/c1-11(2,3)14-9(17)6-13-8-5-4-7(10(12)18)15-16-8/h4-5H,6H2,1-3H3,(H2,12,18)(H,13,16)(H,14,17). The number of nitrogens with zero attached hydrogens (tertiary/aromatic N) is 2. The molecule has 4 N–H and O–H groups in total. The summed E-state index contributed by atoms with van der Waals surface area (Å²) in [5.74, 6) is -0.383. The van der Waals surface area contributed by atoms with E-state index in [1.165, 1.54) is 12.1 Å². The second-order valence-electron chi connectivity index (χ2n) is 4.82. The highest BCUT2D eigenvalue weighted by molar-refractivity contribution is 5.90. The average Bonchev–Trinajstić information content (AvgIpc) is 2.24. The van der Waals surface area contributed by atoms with Crippen LogP contribution in [0.5, 0.6) is 0 Å². The van der Waals surface area contributed by atoms with E-state index in [-0.39, 0.29) is 23.7 Å². The zero-order valence-electron chi connectivity index (χ0n) is 10.7. The van der Waals surface area contributed by atoms with Crippen molar-refractivity contribution in [2.45, 2.75) is 26.3 Å². The molecular weight excluding hydrogens is 234 g/mol. The number of carbonyl (C=O) groups excluding carboxylic acids is 2. The molecule has 0 aliphatic rings. The normalized spacial score (nSPS) is 10.8. The molecule has 7 nitrogen and oxygen atoms in total. The minimum atomic E-state index is -0.639. The lowest BCUT2D eigenvalue weighted by Crippen LogP contribution is -2.43. The zero-order valence-corrected chi connectivity index (χ0v) is 10.7. The van der Waals surface area contributed by atoms with Crippen LogP contribution in [0.3, 0.4) is 0 Å². The maximum absolute atomic E-state index is 11.5. The number of nitrogens with one attached hydrogen (secondary N) is 2. The van der Waals surface area contributed by atoms with Gasteiger partial charge in [-0.25, -0.2) is 0 Å².